The van der Waals surface area contributed by atoms with E-state index in [2.05, 4.69) is 0 Å². The van der Waals surface area contributed by atoms with E-state index in [1.807, 2.05) is 0 Å². The van der Waals surface area contributed by atoms with Crippen molar-refractivity contribution in [2.45, 2.75) is 50.0 Å². The van der Waals surface area contributed by atoms with Gasteiger partial charge in [0, 0.05) is 5.92 Å². The van der Waals surface area contributed by atoms with Gasteiger partial charge in [-0.3, -0.25) is 4.90 Å². The number of benzene rings is 1. The number of rotatable bonds is 5. The largest absolute Gasteiger partial charge is 0.504 e. The Morgan fingerprint density at radius 2 is 1.35 bits per heavy atom. The summed E-state index contributed by atoms with van der Waals surface area (Å²) in [4.78, 5) is 1.19. The standard InChI is InChI=1S/C17H26ClNO7/c1-8(2)16(24,25)17(26,19(3)4)15(6-5-7-15)9-11(20)13(22)10(18)14(23)12(9)21/h8,20-26H,5-7H2,1-4H3. The molecule has 1 unspecified atom stereocenters. The molecule has 0 radical (unpaired) electrons. The van der Waals surface area contributed by atoms with Crippen molar-refractivity contribution < 1.29 is 35.7 Å². The van der Waals surface area contributed by atoms with Crippen LogP contribution in [0.5, 0.6) is 23.0 Å². The third kappa shape index (κ3) is 2.36. The van der Waals surface area contributed by atoms with E-state index in [0.29, 0.717) is 6.42 Å². The van der Waals surface area contributed by atoms with Crippen LogP contribution in [0.15, 0.2) is 0 Å². The molecule has 26 heavy (non-hydrogen) atoms. The lowest BCUT2D eigenvalue weighted by atomic mass is 9.54. The van der Waals surface area contributed by atoms with Crippen LogP contribution in [0.2, 0.25) is 5.02 Å². The highest BCUT2D eigenvalue weighted by atomic mass is 35.5. The van der Waals surface area contributed by atoms with Gasteiger partial charge < -0.3 is 35.7 Å². The second-order valence-electron chi connectivity index (χ2n) is 7.47. The summed E-state index contributed by atoms with van der Waals surface area (Å²) in [5, 5.41) is 73.3. The summed E-state index contributed by atoms with van der Waals surface area (Å²) in [5.74, 6) is -6.87. The summed E-state index contributed by atoms with van der Waals surface area (Å²) in [5.41, 5.74) is -4.33. The Balaban J connectivity index is 2.89. The van der Waals surface area contributed by atoms with Gasteiger partial charge in [-0.1, -0.05) is 31.9 Å². The number of nitrogens with zero attached hydrogens (tertiary/aromatic N) is 1. The molecule has 7 N–H and O–H groups in total. The normalized spacial score (nSPS) is 19.5. The summed E-state index contributed by atoms with van der Waals surface area (Å²) in [6.07, 6.45) is 0.852. The third-order valence-electron chi connectivity index (χ3n) is 5.66. The fraction of sp³-hybridized carbons (Fsp3) is 0.647. The highest BCUT2D eigenvalue weighted by Gasteiger charge is 2.68. The number of hydrogen-bond donors (Lipinski definition) is 7. The van der Waals surface area contributed by atoms with Crippen molar-refractivity contribution in [2.75, 3.05) is 14.1 Å². The van der Waals surface area contributed by atoms with Crippen LogP contribution in [0.3, 0.4) is 0 Å². The predicted molar refractivity (Wildman–Crippen MR) is 94.3 cm³/mol. The average molecular weight is 392 g/mol. The summed E-state index contributed by atoms with van der Waals surface area (Å²) in [7, 11) is 2.85. The van der Waals surface area contributed by atoms with Gasteiger partial charge in [-0.2, -0.15) is 0 Å². The minimum absolute atomic E-state index is 0.152. The van der Waals surface area contributed by atoms with Crippen molar-refractivity contribution in [3.63, 3.8) is 0 Å². The van der Waals surface area contributed by atoms with Gasteiger partial charge in [0.2, 0.25) is 5.79 Å². The van der Waals surface area contributed by atoms with E-state index in [1.165, 1.54) is 32.8 Å². The quantitative estimate of drug-likeness (QED) is 0.225. The second-order valence-corrected chi connectivity index (χ2v) is 7.84. The Morgan fingerprint density at radius 3 is 1.62 bits per heavy atom. The van der Waals surface area contributed by atoms with Crippen molar-refractivity contribution in [3.8, 4) is 23.0 Å². The molecule has 0 heterocycles. The van der Waals surface area contributed by atoms with Gasteiger partial charge in [-0.05, 0) is 26.9 Å². The van der Waals surface area contributed by atoms with E-state index in [9.17, 15) is 35.7 Å². The molecule has 2 rings (SSSR count). The molecule has 0 aromatic heterocycles. The lowest BCUT2D eigenvalue weighted by Gasteiger charge is -2.60. The van der Waals surface area contributed by atoms with Crippen LogP contribution in [0.4, 0.5) is 0 Å². The fourth-order valence-electron chi connectivity index (χ4n) is 3.94. The minimum Gasteiger partial charge on any atom is -0.504 e. The molecule has 0 bridgehead atoms. The summed E-state index contributed by atoms with van der Waals surface area (Å²) >= 11 is 5.70. The van der Waals surface area contributed by atoms with E-state index in [0.717, 1.165) is 0 Å². The number of phenols is 4. The Bertz CT molecular complexity index is 687. The molecule has 8 nitrogen and oxygen atoms in total. The molecule has 0 aliphatic heterocycles. The predicted octanol–water partition coefficient (Wildman–Crippen LogP) is 1.17. The van der Waals surface area contributed by atoms with Crippen molar-refractivity contribution in [1.82, 2.24) is 4.90 Å². The van der Waals surface area contributed by atoms with Crippen LogP contribution in [-0.4, -0.2) is 66.3 Å². The zero-order valence-corrected chi connectivity index (χ0v) is 15.9. The van der Waals surface area contributed by atoms with Crippen molar-refractivity contribution in [1.29, 1.82) is 0 Å². The molecule has 1 saturated carbocycles. The van der Waals surface area contributed by atoms with Crippen molar-refractivity contribution in [3.05, 3.63) is 10.6 Å². The lowest BCUT2D eigenvalue weighted by molar-refractivity contribution is -0.369. The Morgan fingerprint density at radius 1 is 0.923 bits per heavy atom. The molecule has 1 fully saturated rings. The van der Waals surface area contributed by atoms with Gasteiger partial charge in [-0.15, -0.1) is 0 Å². The molecule has 1 aliphatic carbocycles. The highest BCUT2D eigenvalue weighted by molar-refractivity contribution is 6.34. The van der Waals surface area contributed by atoms with Gasteiger partial charge in [0.1, 0.15) is 5.02 Å². The number of aliphatic hydroxyl groups is 3. The first kappa shape index (κ1) is 20.9. The fourth-order valence-corrected chi connectivity index (χ4v) is 4.12. The van der Waals surface area contributed by atoms with E-state index in [1.54, 1.807) is 0 Å². The Kier molecular flexibility index (Phi) is 5.07. The average Bonchev–Trinajstić information content (AvgIpc) is 2.52. The van der Waals surface area contributed by atoms with E-state index in [4.69, 9.17) is 11.6 Å². The molecule has 0 amide bonds. The molecule has 1 aliphatic rings. The number of hydrogen-bond acceptors (Lipinski definition) is 8. The second kappa shape index (κ2) is 6.31. The van der Waals surface area contributed by atoms with E-state index >= 15 is 0 Å². The number of halogens is 1. The van der Waals surface area contributed by atoms with Crippen LogP contribution in [0.1, 0.15) is 38.7 Å². The topological polar surface area (TPSA) is 145 Å². The minimum atomic E-state index is -2.65. The molecule has 9 heteroatoms. The Hall–Kier alpha value is -1.45. The number of likely N-dealkylation sites (N-methyl/N-ethyl adjacent to an activating group) is 1. The molecule has 148 valence electrons. The van der Waals surface area contributed by atoms with Crippen LogP contribution >= 0.6 is 11.6 Å². The van der Waals surface area contributed by atoms with Gasteiger partial charge in [0.25, 0.3) is 0 Å². The first-order valence-corrected chi connectivity index (χ1v) is 8.65. The zero-order valence-electron chi connectivity index (χ0n) is 15.2. The first-order valence-electron chi connectivity index (χ1n) is 8.27. The van der Waals surface area contributed by atoms with Crippen LogP contribution in [-0.2, 0) is 5.41 Å². The van der Waals surface area contributed by atoms with Crippen LogP contribution in [0.25, 0.3) is 0 Å². The monoisotopic (exact) mass is 391 g/mol. The SMILES string of the molecule is CC(C)C(O)(O)C(O)(N(C)C)C1(c2c(O)c(O)c(Cl)c(O)c2O)CCC1. The maximum Gasteiger partial charge on any atom is 0.210 e. The molecular weight excluding hydrogens is 366 g/mol. The van der Waals surface area contributed by atoms with E-state index in [-0.39, 0.29) is 18.4 Å². The van der Waals surface area contributed by atoms with Gasteiger partial charge >= 0.3 is 0 Å². The molecule has 1 aromatic rings. The summed E-state index contributed by atoms with van der Waals surface area (Å²) in [6.45, 7) is 2.99. The summed E-state index contributed by atoms with van der Waals surface area (Å²) in [6, 6.07) is 0. The van der Waals surface area contributed by atoms with Crippen molar-refractivity contribution >= 4 is 11.6 Å². The summed E-state index contributed by atoms with van der Waals surface area (Å²) < 4.78 is 0. The van der Waals surface area contributed by atoms with Crippen molar-refractivity contribution in [2.24, 2.45) is 5.92 Å². The highest BCUT2D eigenvalue weighted by Crippen LogP contribution is 2.63. The number of phenolic OH excluding ortho intramolecular Hbond substituents is 4. The van der Waals surface area contributed by atoms with Gasteiger partial charge in [0.15, 0.2) is 28.7 Å². The zero-order chi connectivity index (χ0) is 20.2. The van der Waals surface area contributed by atoms with Crippen LogP contribution in [0, 0.1) is 5.92 Å². The maximum atomic E-state index is 11.5. The number of aromatic hydroxyl groups is 4. The molecule has 0 spiro atoms. The van der Waals surface area contributed by atoms with Gasteiger partial charge in [0.05, 0.1) is 11.0 Å². The molecular formula is C17H26ClNO7. The first-order chi connectivity index (χ1) is 11.8. The van der Waals surface area contributed by atoms with Gasteiger partial charge in [-0.25, -0.2) is 0 Å². The third-order valence-corrected chi connectivity index (χ3v) is 6.01. The Labute approximate surface area is 156 Å². The van der Waals surface area contributed by atoms with E-state index < -0.39 is 50.9 Å². The molecule has 1 atom stereocenters. The molecule has 0 saturated heterocycles. The van der Waals surface area contributed by atoms with Crippen LogP contribution < -0.4 is 0 Å². The maximum absolute atomic E-state index is 11.5. The lowest BCUT2D eigenvalue weighted by Crippen LogP contribution is -2.76. The molecule has 1 aromatic carbocycles. The smallest absolute Gasteiger partial charge is 0.210 e.